The van der Waals surface area contributed by atoms with Gasteiger partial charge in [0, 0.05) is 19.4 Å². The predicted octanol–water partition coefficient (Wildman–Crippen LogP) is 5.21. The second kappa shape index (κ2) is 7.86. The molecule has 0 atom stereocenters. The number of amides is 1. The van der Waals surface area contributed by atoms with Gasteiger partial charge in [-0.25, -0.2) is 9.78 Å². The number of aromatic nitrogens is 4. The molecular weight excluding hydrogens is 419 g/mol. The molecule has 0 unspecified atom stereocenters. The summed E-state index contributed by atoms with van der Waals surface area (Å²) in [5.74, 6) is 1.12. The van der Waals surface area contributed by atoms with Crippen molar-refractivity contribution in [1.29, 1.82) is 0 Å². The number of nitrogens with zero attached hydrogens (tertiary/aromatic N) is 4. The maximum Gasteiger partial charge on any atom is 0.416 e. The highest BCUT2D eigenvalue weighted by molar-refractivity contribution is 7.99. The van der Waals surface area contributed by atoms with Gasteiger partial charge in [-0.1, -0.05) is 6.92 Å². The van der Waals surface area contributed by atoms with E-state index in [4.69, 9.17) is 4.74 Å². The van der Waals surface area contributed by atoms with Crippen LogP contribution >= 0.6 is 11.8 Å². The van der Waals surface area contributed by atoms with Crippen LogP contribution in [-0.2, 0) is 18.0 Å². The van der Waals surface area contributed by atoms with Gasteiger partial charge in [0.25, 0.3) is 0 Å². The molecule has 0 saturated carbocycles. The molecule has 1 amide bonds. The van der Waals surface area contributed by atoms with E-state index in [9.17, 15) is 18.0 Å². The minimum Gasteiger partial charge on any atom is -0.444 e. The first kappa shape index (κ1) is 22.0. The largest absolute Gasteiger partial charge is 0.444 e. The molecule has 0 aromatic carbocycles. The molecule has 1 N–H and O–H groups in total. The van der Waals surface area contributed by atoms with Gasteiger partial charge in [-0.2, -0.15) is 18.3 Å². The number of carbonyl (C=O) groups is 1. The summed E-state index contributed by atoms with van der Waals surface area (Å²) in [7, 11) is 1.66. The SMILES string of the molecule is CCSc1c(-c2cn3ccc(C(F)(F)F)cc3n2)nn(C)c1NC(=O)OC(C)(C)C. The van der Waals surface area contributed by atoms with Gasteiger partial charge in [0.05, 0.1) is 10.5 Å². The minimum atomic E-state index is -4.45. The number of fused-ring (bicyclic) bond motifs is 1. The Hall–Kier alpha value is -2.69. The van der Waals surface area contributed by atoms with Crippen LogP contribution in [0.3, 0.4) is 0 Å². The van der Waals surface area contributed by atoms with Crippen molar-refractivity contribution in [3.8, 4) is 11.4 Å². The van der Waals surface area contributed by atoms with E-state index >= 15 is 0 Å². The number of aryl methyl sites for hydroxylation is 1. The van der Waals surface area contributed by atoms with Crippen molar-refractivity contribution in [2.45, 2.75) is 44.4 Å². The van der Waals surface area contributed by atoms with Crippen molar-refractivity contribution >= 4 is 29.3 Å². The van der Waals surface area contributed by atoms with Gasteiger partial charge in [0.1, 0.15) is 28.5 Å². The van der Waals surface area contributed by atoms with Crippen molar-refractivity contribution in [3.63, 3.8) is 0 Å². The van der Waals surface area contributed by atoms with E-state index in [0.29, 0.717) is 27.9 Å². The van der Waals surface area contributed by atoms with Crippen molar-refractivity contribution in [1.82, 2.24) is 19.2 Å². The molecule has 0 aliphatic carbocycles. The van der Waals surface area contributed by atoms with E-state index in [1.165, 1.54) is 27.0 Å². The molecule has 3 aromatic rings. The Morgan fingerprint density at radius 1 is 1.30 bits per heavy atom. The Morgan fingerprint density at radius 3 is 2.60 bits per heavy atom. The van der Waals surface area contributed by atoms with E-state index in [2.05, 4.69) is 15.4 Å². The zero-order chi connectivity index (χ0) is 22.3. The van der Waals surface area contributed by atoms with E-state index < -0.39 is 23.4 Å². The normalized spacial score (nSPS) is 12.4. The monoisotopic (exact) mass is 441 g/mol. The Bertz CT molecular complexity index is 1080. The highest BCUT2D eigenvalue weighted by atomic mass is 32.2. The number of ether oxygens (including phenoxy) is 1. The lowest BCUT2D eigenvalue weighted by Crippen LogP contribution is -2.28. The quantitative estimate of drug-likeness (QED) is 0.563. The third kappa shape index (κ3) is 4.72. The fraction of sp³-hybridized carbons (Fsp3) is 0.421. The summed E-state index contributed by atoms with van der Waals surface area (Å²) in [6.45, 7) is 7.22. The Kier molecular flexibility index (Phi) is 5.76. The summed E-state index contributed by atoms with van der Waals surface area (Å²) >= 11 is 1.44. The number of thioether (sulfide) groups is 1. The number of hydrogen-bond acceptors (Lipinski definition) is 5. The van der Waals surface area contributed by atoms with Gasteiger partial charge in [-0.3, -0.25) is 10.00 Å². The van der Waals surface area contributed by atoms with Gasteiger partial charge in [0.2, 0.25) is 0 Å². The summed E-state index contributed by atoms with van der Waals surface area (Å²) in [5, 5.41) is 7.15. The molecule has 0 bridgehead atoms. The number of halogens is 3. The fourth-order valence-corrected chi connectivity index (χ4v) is 3.65. The van der Waals surface area contributed by atoms with Crippen LogP contribution < -0.4 is 5.32 Å². The van der Waals surface area contributed by atoms with Gasteiger partial charge >= 0.3 is 12.3 Å². The molecule has 7 nitrogen and oxygen atoms in total. The summed E-state index contributed by atoms with van der Waals surface area (Å²) in [6.07, 6.45) is -2.16. The van der Waals surface area contributed by atoms with Crippen molar-refractivity contribution in [2.75, 3.05) is 11.1 Å². The topological polar surface area (TPSA) is 73.5 Å². The zero-order valence-corrected chi connectivity index (χ0v) is 18.0. The third-order valence-corrected chi connectivity index (χ3v) is 4.91. The first-order chi connectivity index (χ1) is 13.9. The van der Waals surface area contributed by atoms with Crippen LogP contribution in [0.1, 0.15) is 33.3 Å². The van der Waals surface area contributed by atoms with Gasteiger partial charge < -0.3 is 9.14 Å². The number of carbonyl (C=O) groups excluding carboxylic acids is 1. The van der Waals surface area contributed by atoms with Crippen LogP contribution in [0, 0.1) is 0 Å². The molecule has 30 heavy (non-hydrogen) atoms. The average Bonchev–Trinajstić information content (AvgIpc) is 3.15. The van der Waals surface area contributed by atoms with E-state index in [0.717, 1.165) is 12.1 Å². The van der Waals surface area contributed by atoms with Crippen molar-refractivity contribution in [2.24, 2.45) is 7.05 Å². The smallest absolute Gasteiger partial charge is 0.416 e. The zero-order valence-electron chi connectivity index (χ0n) is 17.2. The summed E-state index contributed by atoms with van der Waals surface area (Å²) < 4.78 is 47.3. The molecule has 0 saturated heterocycles. The van der Waals surface area contributed by atoms with E-state index in [-0.39, 0.29) is 5.65 Å². The lowest BCUT2D eigenvalue weighted by molar-refractivity contribution is -0.137. The van der Waals surface area contributed by atoms with Crippen molar-refractivity contribution < 1.29 is 22.7 Å². The molecule has 0 spiro atoms. The molecule has 0 aliphatic rings. The number of hydrogen-bond donors (Lipinski definition) is 1. The summed E-state index contributed by atoms with van der Waals surface area (Å²) in [4.78, 5) is 17.2. The lowest BCUT2D eigenvalue weighted by atomic mass is 10.2. The second-order valence-corrected chi connectivity index (χ2v) is 8.79. The van der Waals surface area contributed by atoms with E-state index in [1.54, 1.807) is 34.0 Å². The summed E-state index contributed by atoms with van der Waals surface area (Å²) in [5.41, 5.74) is -0.421. The van der Waals surface area contributed by atoms with Crippen LogP contribution in [0.5, 0.6) is 0 Å². The molecule has 3 heterocycles. The highest BCUT2D eigenvalue weighted by Crippen LogP contribution is 2.37. The highest BCUT2D eigenvalue weighted by Gasteiger charge is 2.31. The standard InChI is InChI=1S/C19H22F3N5O2S/c1-6-30-15-14(25-26(5)16(15)24-17(28)29-18(2,3)4)12-10-27-8-7-11(19(20,21)22)9-13(27)23-12/h7-10H,6H2,1-5H3,(H,24,28). The Morgan fingerprint density at radius 2 is 2.00 bits per heavy atom. The van der Waals surface area contributed by atoms with Gasteiger partial charge in [-0.05, 0) is 38.7 Å². The molecule has 162 valence electrons. The number of alkyl halides is 3. The van der Waals surface area contributed by atoms with Crippen LogP contribution in [-0.4, -0.2) is 36.6 Å². The van der Waals surface area contributed by atoms with Crippen LogP contribution in [0.15, 0.2) is 29.4 Å². The fourth-order valence-electron chi connectivity index (χ4n) is 2.76. The molecule has 0 radical (unpaired) electrons. The molecule has 0 aliphatic heterocycles. The lowest BCUT2D eigenvalue weighted by Gasteiger charge is -2.20. The van der Waals surface area contributed by atoms with Gasteiger partial charge in [-0.15, -0.1) is 11.8 Å². The number of anilines is 1. The number of nitrogens with one attached hydrogen (secondary N) is 1. The Balaban J connectivity index is 2.02. The number of rotatable bonds is 4. The van der Waals surface area contributed by atoms with Gasteiger partial charge in [0.15, 0.2) is 0 Å². The van der Waals surface area contributed by atoms with Crippen molar-refractivity contribution in [3.05, 3.63) is 30.1 Å². The first-order valence-electron chi connectivity index (χ1n) is 9.15. The van der Waals surface area contributed by atoms with Crippen LogP contribution in [0.4, 0.5) is 23.8 Å². The molecule has 11 heteroatoms. The number of pyridine rings is 1. The molecule has 3 aromatic heterocycles. The maximum absolute atomic E-state index is 13.0. The first-order valence-corrected chi connectivity index (χ1v) is 10.1. The number of imidazole rings is 1. The molecule has 3 rings (SSSR count). The third-order valence-electron chi connectivity index (χ3n) is 3.94. The second-order valence-electron chi connectivity index (χ2n) is 7.51. The van der Waals surface area contributed by atoms with E-state index in [1.807, 2.05) is 6.92 Å². The van der Waals surface area contributed by atoms with Crippen LogP contribution in [0.2, 0.25) is 0 Å². The maximum atomic E-state index is 13.0. The predicted molar refractivity (Wildman–Crippen MR) is 109 cm³/mol. The summed E-state index contributed by atoms with van der Waals surface area (Å²) in [6, 6.07) is 1.98. The molecular formula is C19H22F3N5O2S. The minimum absolute atomic E-state index is 0.152. The molecule has 0 fully saturated rings. The van der Waals surface area contributed by atoms with Crippen LogP contribution in [0.25, 0.3) is 17.0 Å². The average molecular weight is 441 g/mol. The Labute approximate surface area is 175 Å².